The molecule has 0 radical (unpaired) electrons. The Morgan fingerprint density at radius 3 is 2.72 bits per heavy atom. The number of primary sulfonamides is 1. The highest BCUT2D eigenvalue weighted by molar-refractivity contribution is 7.89. The molecule has 0 bridgehead atoms. The van der Waals surface area contributed by atoms with Crippen LogP contribution in [0, 0.1) is 10.9 Å². The summed E-state index contributed by atoms with van der Waals surface area (Å²) in [7, 11) is -3.45. The Kier molecular flexibility index (Phi) is 5.45. The van der Waals surface area contributed by atoms with Crippen LogP contribution in [0.15, 0.2) is 0 Å². The number of carbonyl (C=O) groups is 1. The molecule has 0 spiro atoms. The molecule has 0 saturated carbocycles. The van der Waals surface area contributed by atoms with Crippen LogP contribution >= 0.6 is 23.6 Å². The quantitative estimate of drug-likeness (QED) is 0.524. The van der Waals surface area contributed by atoms with Crippen LogP contribution in [0.4, 0.5) is 0 Å². The molecule has 1 aromatic rings. The van der Waals surface area contributed by atoms with Crippen molar-refractivity contribution in [3.8, 4) is 0 Å². The highest BCUT2D eigenvalue weighted by Gasteiger charge is 2.08. The average molecular weight is 309 g/mol. The van der Waals surface area contributed by atoms with E-state index in [0.29, 0.717) is 16.9 Å². The van der Waals surface area contributed by atoms with Crippen LogP contribution in [0.25, 0.3) is 0 Å². The lowest BCUT2D eigenvalue weighted by Gasteiger charge is -2.03. The normalized spacial score (nSPS) is 11.4. The van der Waals surface area contributed by atoms with E-state index < -0.39 is 10.0 Å². The Labute approximate surface area is 115 Å². The number of hydrogen-bond donors (Lipinski definition) is 3. The molecule has 0 aliphatic heterocycles. The summed E-state index contributed by atoms with van der Waals surface area (Å²) >= 11 is 6.34. The van der Waals surface area contributed by atoms with Gasteiger partial charge in [0.2, 0.25) is 15.9 Å². The first-order valence-corrected chi connectivity index (χ1v) is 8.18. The van der Waals surface area contributed by atoms with Gasteiger partial charge >= 0.3 is 0 Å². The third-order valence-corrected chi connectivity index (χ3v) is 4.37. The van der Waals surface area contributed by atoms with Gasteiger partial charge in [0.15, 0.2) is 3.95 Å². The molecule has 4 N–H and O–H groups in total. The number of amides is 1. The zero-order chi connectivity index (χ0) is 13.8. The largest absolute Gasteiger partial charge is 0.356 e. The molecule has 0 aliphatic rings. The van der Waals surface area contributed by atoms with Crippen LogP contribution < -0.4 is 10.5 Å². The zero-order valence-electron chi connectivity index (χ0n) is 9.86. The third kappa shape index (κ3) is 5.71. The number of H-pyrrole nitrogens is 1. The molecule has 0 atom stereocenters. The van der Waals surface area contributed by atoms with Crippen molar-refractivity contribution in [2.45, 2.75) is 19.8 Å². The van der Waals surface area contributed by atoms with E-state index in [1.54, 1.807) is 0 Å². The van der Waals surface area contributed by atoms with Crippen LogP contribution in [0.5, 0.6) is 0 Å². The summed E-state index contributed by atoms with van der Waals surface area (Å²) in [6.45, 7) is 2.15. The molecule has 6 nitrogen and oxygen atoms in total. The van der Waals surface area contributed by atoms with Crippen molar-refractivity contribution < 1.29 is 13.2 Å². The van der Waals surface area contributed by atoms with Crippen molar-refractivity contribution in [1.29, 1.82) is 0 Å². The Bertz CT molecular complexity index is 573. The van der Waals surface area contributed by atoms with Gasteiger partial charge in [-0.05, 0) is 25.6 Å². The number of carbonyl (C=O) groups excluding carboxylic acids is 1. The van der Waals surface area contributed by atoms with Gasteiger partial charge in [-0.25, -0.2) is 13.6 Å². The molecule has 0 aromatic carbocycles. The van der Waals surface area contributed by atoms with Crippen molar-refractivity contribution in [2.75, 3.05) is 12.3 Å². The molecule has 9 heteroatoms. The van der Waals surface area contributed by atoms with Crippen molar-refractivity contribution in [3.63, 3.8) is 0 Å². The van der Waals surface area contributed by atoms with Crippen LogP contribution in [0.2, 0.25) is 0 Å². The summed E-state index contributed by atoms with van der Waals surface area (Å²) in [6, 6.07) is 0. The third-order valence-electron chi connectivity index (χ3n) is 2.17. The van der Waals surface area contributed by atoms with E-state index in [0.717, 1.165) is 10.6 Å². The second-order valence-electron chi connectivity index (χ2n) is 3.81. The molecule has 0 aliphatic carbocycles. The number of hydrogen-bond acceptors (Lipinski definition) is 5. The van der Waals surface area contributed by atoms with Crippen molar-refractivity contribution in [2.24, 2.45) is 5.14 Å². The standard InChI is InChI=1S/C9H15N3O3S3/c1-6-7(17-9(16)12-6)5-8(13)11-3-2-4-18(10,14)15/h2-5H2,1H3,(H,11,13)(H,12,16)(H2,10,14,15). The zero-order valence-corrected chi connectivity index (χ0v) is 12.3. The number of aryl methyl sites for hydroxylation is 1. The molecule has 1 amide bonds. The highest BCUT2D eigenvalue weighted by Crippen LogP contribution is 2.14. The summed E-state index contributed by atoms with van der Waals surface area (Å²) in [5.74, 6) is -0.284. The highest BCUT2D eigenvalue weighted by atomic mass is 32.2. The van der Waals surface area contributed by atoms with Gasteiger partial charge < -0.3 is 10.3 Å². The molecular weight excluding hydrogens is 294 g/mol. The fourth-order valence-corrected chi connectivity index (χ4v) is 3.15. The van der Waals surface area contributed by atoms with Crippen molar-refractivity contribution in [3.05, 3.63) is 14.5 Å². The number of thiazole rings is 1. The van der Waals surface area contributed by atoms with Crippen LogP contribution in [-0.2, 0) is 21.2 Å². The van der Waals surface area contributed by atoms with E-state index in [1.165, 1.54) is 11.3 Å². The molecular formula is C9H15N3O3S3. The Hall–Kier alpha value is -0.770. The average Bonchev–Trinajstić information content (AvgIpc) is 2.51. The lowest BCUT2D eigenvalue weighted by molar-refractivity contribution is -0.120. The van der Waals surface area contributed by atoms with Crippen molar-refractivity contribution >= 4 is 39.5 Å². The predicted octanol–water partition coefficient (Wildman–Crippen LogP) is 0.451. The molecule has 1 rings (SSSR count). The SMILES string of the molecule is Cc1[nH]c(=S)sc1CC(=O)NCCCS(N)(=O)=O. The van der Waals surface area contributed by atoms with Gasteiger partial charge in [-0.3, -0.25) is 4.79 Å². The first-order valence-electron chi connectivity index (χ1n) is 5.23. The minimum absolute atomic E-state index is 0.130. The number of nitrogens with two attached hydrogens (primary N) is 1. The van der Waals surface area contributed by atoms with E-state index in [2.05, 4.69) is 10.3 Å². The van der Waals surface area contributed by atoms with Gasteiger partial charge in [-0.2, -0.15) is 0 Å². The lowest BCUT2D eigenvalue weighted by Crippen LogP contribution is -2.28. The topological polar surface area (TPSA) is 105 Å². The molecule has 18 heavy (non-hydrogen) atoms. The summed E-state index contributed by atoms with van der Waals surface area (Å²) < 4.78 is 22.0. The smallest absolute Gasteiger partial charge is 0.225 e. The second kappa shape index (κ2) is 6.41. The van der Waals surface area contributed by atoms with Gasteiger partial charge in [0.05, 0.1) is 12.2 Å². The number of sulfonamides is 1. The summed E-state index contributed by atoms with van der Waals surface area (Å²) in [4.78, 5) is 15.4. The monoisotopic (exact) mass is 309 g/mol. The van der Waals surface area contributed by atoms with Gasteiger partial charge in [0.1, 0.15) is 0 Å². The first kappa shape index (κ1) is 15.3. The summed E-state index contributed by atoms with van der Waals surface area (Å²) in [5, 5.41) is 7.48. The fraction of sp³-hybridized carbons (Fsp3) is 0.556. The predicted molar refractivity (Wildman–Crippen MR) is 73.5 cm³/mol. The second-order valence-corrected chi connectivity index (χ2v) is 7.32. The number of nitrogens with one attached hydrogen (secondary N) is 2. The van der Waals surface area contributed by atoms with Crippen LogP contribution in [0.3, 0.4) is 0 Å². The van der Waals surface area contributed by atoms with E-state index in [9.17, 15) is 13.2 Å². The summed E-state index contributed by atoms with van der Waals surface area (Å²) in [5.41, 5.74) is 0.893. The van der Waals surface area contributed by atoms with Crippen LogP contribution in [-0.4, -0.2) is 31.6 Å². The molecule has 0 fully saturated rings. The van der Waals surface area contributed by atoms with Crippen molar-refractivity contribution in [1.82, 2.24) is 10.3 Å². The Balaban J connectivity index is 2.34. The van der Waals surface area contributed by atoms with Crippen LogP contribution in [0.1, 0.15) is 17.0 Å². The molecule has 1 heterocycles. The molecule has 102 valence electrons. The maximum Gasteiger partial charge on any atom is 0.225 e. The number of rotatable bonds is 6. The molecule has 0 saturated heterocycles. The molecule has 0 unspecified atom stereocenters. The van der Waals surface area contributed by atoms with Gasteiger partial charge in [-0.15, -0.1) is 11.3 Å². The Morgan fingerprint density at radius 2 is 2.22 bits per heavy atom. The maximum absolute atomic E-state index is 11.6. The molecule has 1 aromatic heterocycles. The van der Waals surface area contributed by atoms with Gasteiger partial charge in [-0.1, -0.05) is 0 Å². The van der Waals surface area contributed by atoms with E-state index >= 15 is 0 Å². The van der Waals surface area contributed by atoms with Gasteiger partial charge in [0, 0.05) is 17.1 Å². The lowest BCUT2D eigenvalue weighted by atomic mass is 10.3. The van der Waals surface area contributed by atoms with E-state index in [1.807, 2.05) is 6.92 Å². The van der Waals surface area contributed by atoms with Gasteiger partial charge in [0.25, 0.3) is 0 Å². The van der Waals surface area contributed by atoms with E-state index in [4.69, 9.17) is 17.4 Å². The first-order chi connectivity index (χ1) is 8.28. The minimum atomic E-state index is -3.45. The number of aromatic nitrogens is 1. The van der Waals surface area contributed by atoms with E-state index in [-0.39, 0.29) is 18.1 Å². The Morgan fingerprint density at radius 1 is 1.56 bits per heavy atom. The maximum atomic E-state index is 11.6. The minimum Gasteiger partial charge on any atom is -0.356 e. The fourth-order valence-electron chi connectivity index (χ4n) is 1.31. The number of aromatic amines is 1. The summed E-state index contributed by atoms with van der Waals surface area (Å²) in [6.07, 6.45) is 0.561.